The number of thiazole rings is 1. The van der Waals surface area contributed by atoms with E-state index in [0.717, 1.165) is 4.47 Å². The summed E-state index contributed by atoms with van der Waals surface area (Å²) in [5.41, 5.74) is 0.370. The van der Waals surface area contributed by atoms with Crippen molar-refractivity contribution in [2.45, 2.75) is 6.54 Å². The van der Waals surface area contributed by atoms with Gasteiger partial charge in [0.25, 0.3) is 5.91 Å². The van der Waals surface area contributed by atoms with Crippen LogP contribution in [0.2, 0.25) is 0 Å². The third kappa shape index (κ3) is 3.17. The molecule has 8 heteroatoms. The van der Waals surface area contributed by atoms with Crippen LogP contribution in [0.25, 0.3) is 5.57 Å². The van der Waals surface area contributed by atoms with E-state index in [1.807, 2.05) is 18.2 Å². The SMILES string of the molecule is C=CCn1c(O)c(C2=c3cc(Br)ccc3=NC2=O)s/c1=N/c1ccccn1. The average Bonchev–Trinajstić information content (AvgIpc) is 3.13. The van der Waals surface area contributed by atoms with Crippen LogP contribution in [0.5, 0.6) is 5.88 Å². The van der Waals surface area contributed by atoms with Crippen LogP contribution in [-0.4, -0.2) is 20.6 Å². The maximum atomic E-state index is 12.5. The quantitative estimate of drug-likeness (QED) is 0.631. The number of aromatic nitrogens is 2. The first-order valence-electron chi connectivity index (χ1n) is 8.01. The van der Waals surface area contributed by atoms with Crippen molar-refractivity contribution in [1.82, 2.24) is 9.55 Å². The molecule has 0 unspecified atom stereocenters. The molecule has 0 fully saturated rings. The molecule has 1 aliphatic rings. The minimum absolute atomic E-state index is 0.0408. The summed E-state index contributed by atoms with van der Waals surface area (Å²) in [6.45, 7) is 4.08. The fraction of sp³-hybridized carbons (Fsp3) is 0.0526. The Morgan fingerprint density at radius 1 is 1.33 bits per heavy atom. The molecule has 0 spiro atoms. The first kappa shape index (κ1) is 17.6. The zero-order valence-electron chi connectivity index (χ0n) is 14.0. The Hall–Kier alpha value is -2.84. The smallest absolute Gasteiger partial charge is 0.279 e. The van der Waals surface area contributed by atoms with Crippen molar-refractivity contribution in [3.05, 3.63) is 80.0 Å². The maximum Gasteiger partial charge on any atom is 0.279 e. The number of hydrogen-bond acceptors (Lipinski definition) is 5. The second kappa shape index (κ2) is 7.05. The highest BCUT2D eigenvalue weighted by Crippen LogP contribution is 2.29. The van der Waals surface area contributed by atoms with Crippen LogP contribution in [0.4, 0.5) is 5.82 Å². The van der Waals surface area contributed by atoms with Crippen LogP contribution in [0, 0.1) is 0 Å². The number of hydrogen-bond donors (Lipinski definition) is 1. The number of benzene rings is 1. The van der Waals surface area contributed by atoms with Crippen molar-refractivity contribution in [2.24, 2.45) is 9.98 Å². The predicted molar refractivity (Wildman–Crippen MR) is 106 cm³/mol. The molecule has 0 aliphatic carbocycles. The number of carbonyl (C=O) groups is 1. The summed E-state index contributed by atoms with van der Waals surface area (Å²) in [5, 5.41) is 12.1. The molecule has 1 amide bonds. The lowest BCUT2D eigenvalue weighted by Crippen LogP contribution is -2.22. The van der Waals surface area contributed by atoms with Gasteiger partial charge in [0.2, 0.25) is 5.88 Å². The van der Waals surface area contributed by atoms with E-state index in [1.54, 1.807) is 35.0 Å². The number of pyridine rings is 1. The Morgan fingerprint density at radius 3 is 2.93 bits per heavy atom. The Labute approximate surface area is 166 Å². The van der Waals surface area contributed by atoms with E-state index in [1.165, 1.54) is 11.3 Å². The Kier molecular flexibility index (Phi) is 4.59. The van der Waals surface area contributed by atoms with Crippen LogP contribution >= 0.6 is 27.3 Å². The van der Waals surface area contributed by atoms with Gasteiger partial charge < -0.3 is 5.11 Å². The fourth-order valence-electron chi connectivity index (χ4n) is 2.77. The van der Waals surface area contributed by atoms with Crippen LogP contribution in [0.1, 0.15) is 4.88 Å². The molecule has 3 heterocycles. The van der Waals surface area contributed by atoms with Gasteiger partial charge in [0.15, 0.2) is 10.6 Å². The van der Waals surface area contributed by atoms with Crippen LogP contribution in [0.15, 0.2) is 69.7 Å². The normalized spacial score (nSPS) is 13.6. The van der Waals surface area contributed by atoms with Crippen LogP contribution in [0.3, 0.4) is 0 Å². The molecular weight excluding hydrogens is 428 g/mol. The molecule has 6 nitrogen and oxygen atoms in total. The number of carbonyl (C=O) groups excluding carboxylic acids is 1. The highest BCUT2D eigenvalue weighted by atomic mass is 79.9. The first-order valence-corrected chi connectivity index (χ1v) is 9.62. The van der Waals surface area contributed by atoms with E-state index in [-0.39, 0.29) is 11.8 Å². The van der Waals surface area contributed by atoms with Crippen molar-refractivity contribution in [2.75, 3.05) is 0 Å². The molecule has 27 heavy (non-hydrogen) atoms. The van der Waals surface area contributed by atoms with Gasteiger partial charge in [-0.25, -0.2) is 15.0 Å². The standard InChI is InChI=1S/C19H13BrN4O2S/c1-2-9-24-18(26)16(27-19(24)23-14-5-3-4-8-21-14)15-12-10-11(20)6-7-13(12)22-17(15)25/h2-8,10,26H,1,9H2/b23-19+. The van der Waals surface area contributed by atoms with Crippen molar-refractivity contribution in [3.63, 3.8) is 0 Å². The number of fused-ring (bicyclic) bond motifs is 1. The zero-order chi connectivity index (χ0) is 19.0. The summed E-state index contributed by atoms with van der Waals surface area (Å²) in [6.07, 6.45) is 3.30. The second-order valence-electron chi connectivity index (χ2n) is 5.69. The average molecular weight is 441 g/mol. The highest BCUT2D eigenvalue weighted by molar-refractivity contribution is 9.10. The number of nitrogens with zero attached hydrogens (tertiary/aromatic N) is 4. The van der Waals surface area contributed by atoms with Crippen molar-refractivity contribution < 1.29 is 9.90 Å². The van der Waals surface area contributed by atoms with Crippen LogP contribution < -0.4 is 15.4 Å². The van der Waals surface area contributed by atoms with Crippen molar-refractivity contribution in [3.8, 4) is 5.88 Å². The Balaban J connectivity index is 2.01. The molecule has 0 radical (unpaired) electrons. The van der Waals surface area contributed by atoms with Gasteiger partial charge in [0, 0.05) is 22.4 Å². The lowest BCUT2D eigenvalue weighted by atomic mass is 10.1. The topological polar surface area (TPSA) is 79.8 Å². The Morgan fingerprint density at radius 2 is 2.19 bits per heavy atom. The van der Waals surface area contributed by atoms with Gasteiger partial charge in [-0.2, -0.15) is 0 Å². The molecule has 134 valence electrons. The number of halogens is 1. The molecule has 1 aliphatic heterocycles. The number of amides is 1. The van der Waals surface area contributed by atoms with Gasteiger partial charge in [-0.1, -0.05) is 39.4 Å². The molecule has 0 saturated heterocycles. The van der Waals surface area contributed by atoms with E-state index in [4.69, 9.17) is 0 Å². The Bertz CT molecular complexity index is 1260. The summed E-state index contributed by atoms with van der Waals surface area (Å²) >= 11 is 4.64. The van der Waals surface area contributed by atoms with Crippen molar-refractivity contribution in [1.29, 1.82) is 0 Å². The summed E-state index contributed by atoms with van der Waals surface area (Å²) in [4.78, 5) is 26.3. The minimum Gasteiger partial charge on any atom is -0.493 e. The summed E-state index contributed by atoms with van der Waals surface area (Å²) < 4.78 is 2.43. The van der Waals surface area contributed by atoms with E-state index >= 15 is 0 Å². The third-order valence-corrected chi connectivity index (χ3v) is 5.52. The van der Waals surface area contributed by atoms with E-state index in [0.29, 0.717) is 38.2 Å². The second-order valence-corrected chi connectivity index (χ2v) is 7.58. The highest BCUT2D eigenvalue weighted by Gasteiger charge is 2.25. The molecule has 0 bridgehead atoms. The monoisotopic (exact) mass is 440 g/mol. The molecule has 0 saturated carbocycles. The lowest BCUT2D eigenvalue weighted by molar-refractivity contribution is -0.112. The zero-order valence-corrected chi connectivity index (χ0v) is 16.4. The third-order valence-electron chi connectivity index (χ3n) is 3.95. The fourth-order valence-corrected chi connectivity index (χ4v) is 4.22. The number of allylic oxidation sites excluding steroid dienone is 1. The number of aromatic hydroxyl groups is 1. The summed E-state index contributed by atoms with van der Waals surface area (Å²) in [5.74, 6) is 0.0921. The minimum atomic E-state index is -0.380. The van der Waals surface area contributed by atoms with E-state index < -0.39 is 0 Å². The van der Waals surface area contributed by atoms with Crippen molar-refractivity contribution >= 4 is 44.6 Å². The maximum absolute atomic E-state index is 12.5. The van der Waals surface area contributed by atoms with Gasteiger partial charge in [-0.15, -0.1) is 6.58 Å². The molecule has 4 rings (SSSR count). The van der Waals surface area contributed by atoms with Gasteiger partial charge in [-0.05, 0) is 30.3 Å². The summed E-state index contributed by atoms with van der Waals surface area (Å²) in [7, 11) is 0. The predicted octanol–water partition coefficient (Wildman–Crippen LogP) is 2.19. The van der Waals surface area contributed by atoms with Crippen LogP contribution in [-0.2, 0) is 11.3 Å². The van der Waals surface area contributed by atoms with E-state index in [9.17, 15) is 9.90 Å². The molecule has 1 aromatic carbocycles. The van der Waals surface area contributed by atoms with Gasteiger partial charge in [0.05, 0.1) is 10.9 Å². The molecule has 1 N–H and O–H groups in total. The van der Waals surface area contributed by atoms with Gasteiger partial charge in [0.1, 0.15) is 4.88 Å². The molecular formula is C19H13BrN4O2S. The summed E-state index contributed by atoms with van der Waals surface area (Å²) in [6, 6.07) is 10.8. The lowest BCUT2D eigenvalue weighted by Gasteiger charge is -2.02. The first-order chi connectivity index (χ1) is 13.1. The van der Waals surface area contributed by atoms with E-state index in [2.05, 4.69) is 37.5 Å². The molecule has 3 aromatic rings. The van der Waals surface area contributed by atoms with Gasteiger partial charge in [-0.3, -0.25) is 9.36 Å². The number of rotatable bonds is 4. The molecule has 2 aromatic heterocycles. The largest absolute Gasteiger partial charge is 0.493 e. The van der Waals surface area contributed by atoms with Gasteiger partial charge >= 0.3 is 0 Å². The molecule has 0 atom stereocenters.